The van der Waals surface area contributed by atoms with Gasteiger partial charge in [-0.05, 0) is 56.5 Å². The highest BCUT2D eigenvalue weighted by atomic mass is 16.5. The molecular weight excluding hydrogens is 400 g/mol. The Morgan fingerprint density at radius 1 is 1.22 bits per heavy atom. The van der Waals surface area contributed by atoms with Crippen LogP contribution >= 0.6 is 0 Å². The number of benzene rings is 2. The van der Waals surface area contributed by atoms with E-state index in [-0.39, 0.29) is 5.91 Å². The molecule has 0 radical (unpaired) electrons. The van der Waals surface area contributed by atoms with E-state index in [0.717, 1.165) is 23.1 Å². The van der Waals surface area contributed by atoms with Crippen molar-refractivity contribution in [2.45, 2.75) is 40.5 Å². The van der Waals surface area contributed by atoms with Crippen molar-refractivity contribution in [1.29, 1.82) is 5.26 Å². The van der Waals surface area contributed by atoms with E-state index in [4.69, 9.17) is 9.72 Å². The van der Waals surface area contributed by atoms with Gasteiger partial charge in [-0.15, -0.1) is 0 Å². The molecule has 0 bridgehead atoms. The summed E-state index contributed by atoms with van der Waals surface area (Å²) in [5.41, 5.74) is 5.09. The third-order valence-corrected chi connectivity index (χ3v) is 4.96. The second-order valence-electron chi connectivity index (χ2n) is 7.37. The minimum Gasteiger partial charge on any atom is -0.492 e. The zero-order valence-corrected chi connectivity index (χ0v) is 19.0. The first-order valence-electron chi connectivity index (χ1n) is 10.8. The predicted molar refractivity (Wildman–Crippen MR) is 130 cm³/mol. The number of nitriles is 1. The number of pyridine rings is 1. The van der Waals surface area contributed by atoms with E-state index in [1.807, 2.05) is 64.1 Å². The second-order valence-corrected chi connectivity index (χ2v) is 7.37. The predicted octanol–water partition coefficient (Wildman–Crippen LogP) is 6.02. The fourth-order valence-corrected chi connectivity index (χ4v) is 3.49. The molecule has 6 heteroatoms. The van der Waals surface area contributed by atoms with Gasteiger partial charge in [0.15, 0.2) is 0 Å². The SMILES string of the molecule is CC/C=C/C(=O)Nc1cc2c(Nc3cccc(C)c3)c(C#N)c(CC)nc2cc1OCC. The Bertz CT molecular complexity index is 1210. The van der Waals surface area contributed by atoms with E-state index in [1.165, 1.54) is 6.08 Å². The topological polar surface area (TPSA) is 87.0 Å². The monoisotopic (exact) mass is 428 g/mol. The Labute approximate surface area is 188 Å². The van der Waals surface area contributed by atoms with Crippen LogP contribution in [0.15, 0.2) is 48.6 Å². The quantitative estimate of drug-likeness (QED) is 0.428. The van der Waals surface area contributed by atoms with Crippen molar-refractivity contribution in [3.05, 3.63) is 65.4 Å². The highest BCUT2D eigenvalue weighted by Gasteiger charge is 2.18. The summed E-state index contributed by atoms with van der Waals surface area (Å²) >= 11 is 0. The number of nitrogens with one attached hydrogen (secondary N) is 2. The van der Waals surface area contributed by atoms with E-state index in [9.17, 15) is 10.1 Å². The van der Waals surface area contributed by atoms with E-state index in [2.05, 4.69) is 16.7 Å². The maximum atomic E-state index is 12.4. The Kier molecular flexibility index (Phi) is 7.45. The molecular formula is C26H28N4O2. The first kappa shape index (κ1) is 22.8. The lowest BCUT2D eigenvalue weighted by atomic mass is 10.0. The van der Waals surface area contributed by atoms with Gasteiger partial charge in [-0.2, -0.15) is 5.26 Å². The van der Waals surface area contributed by atoms with Crippen molar-refractivity contribution in [3.8, 4) is 11.8 Å². The molecule has 0 saturated heterocycles. The van der Waals surface area contributed by atoms with Crippen LogP contribution in [0, 0.1) is 18.3 Å². The van der Waals surface area contributed by atoms with Crippen LogP contribution in [0.5, 0.6) is 5.75 Å². The van der Waals surface area contributed by atoms with Gasteiger partial charge in [-0.25, -0.2) is 0 Å². The largest absolute Gasteiger partial charge is 0.492 e. The molecule has 6 nitrogen and oxygen atoms in total. The van der Waals surface area contributed by atoms with E-state index in [0.29, 0.717) is 46.9 Å². The zero-order chi connectivity index (χ0) is 23.1. The summed E-state index contributed by atoms with van der Waals surface area (Å²) in [5, 5.41) is 17.0. The summed E-state index contributed by atoms with van der Waals surface area (Å²) in [6, 6.07) is 13.9. The van der Waals surface area contributed by atoms with Gasteiger partial charge in [0.2, 0.25) is 5.91 Å². The lowest BCUT2D eigenvalue weighted by Crippen LogP contribution is -2.10. The number of allylic oxidation sites excluding steroid dienone is 1. The smallest absolute Gasteiger partial charge is 0.248 e. The molecule has 0 aliphatic carbocycles. The standard InChI is InChI=1S/C26H28N4O2/c1-5-8-12-25(31)30-23-14-19-22(15-24(23)32-7-3)29-21(6-2)20(16-27)26(19)28-18-11-9-10-17(4)13-18/h8-15H,5-7H2,1-4H3,(H,28,29)(H,30,31)/b12-8+. The zero-order valence-electron chi connectivity index (χ0n) is 19.0. The van der Waals surface area contributed by atoms with Crippen molar-refractivity contribution in [1.82, 2.24) is 4.98 Å². The molecule has 0 aliphatic heterocycles. The highest BCUT2D eigenvalue weighted by molar-refractivity contribution is 6.05. The Hall–Kier alpha value is -3.85. The number of fused-ring (bicyclic) bond motifs is 1. The van der Waals surface area contributed by atoms with Gasteiger partial charge in [-0.3, -0.25) is 9.78 Å². The van der Waals surface area contributed by atoms with Crippen molar-refractivity contribution >= 4 is 33.9 Å². The van der Waals surface area contributed by atoms with E-state index < -0.39 is 0 Å². The maximum absolute atomic E-state index is 12.4. The van der Waals surface area contributed by atoms with Crippen molar-refractivity contribution in [3.63, 3.8) is 0 Å². The van der Waals surface area contributed by atoms with Gasteiger partial charge < -0.3 is 15.4 Å². The van der Waals surface area contributed by atoms with Crippen LogP contribution in [0.25, 0.3) is 10.9 Å². The van der Waals surface area contributed by atoms with Gasteiger partial charge in [-0.1, -0.05) is 32.1 Å². The molecule has 0 spiro atoms. The number of aromatic nitrogens is 1. The number of hydrogen-bond donors (Lipinski definition) is 2. The molecule has 2 aromatic carbocycles. The molecule has 32 heavy (non-hydrogen) atoms. The average molecular weight is 429 g/mol. The van der Waals surface area contributed by atoms with Crippen LogP contribution in [0.1, 0.15) is 44.0 Å². The van der Waals surface area contributed by atoms with Crippen LogP contribution in [0.4, 0.5) is 17.1 Å². The molecule has 0 fully saturated rings. The van der Waals surface area contributed by atoms with Gasteiger partial charge in [0.05, 0.1) is 34.8 Å². The minimum atomic E-state index is -0.237. The normalized spacial score (nSPS) is 10.8. The minimum absolute atomic E-state index is 0.237. The first-order valence-corrected chi connectivity index (χ1v) is 10.8. The highest BCUT2D eigenvalue weighted by Crippen LogP contribution is 2.37. The number of ether oxygens (including phenoxy) is 1. The summed E-state index contributed by atoms with van der Waals surface area (Å²) in [7, 11) is 0. The number of amides is 1. The Morgan fingerprint density at radius 2 is 2.03 bits per heavy atom. The summed E-state index contributed by atoms with van der Waals surface area (Å²) in [5.74, 6) is 0.304. The van der Waals surface area contributed by atoms with Crippen LogP contribution in [-0.2, 0) is 11.2 Å². The molecule has 0 atom stereocenters. The van der Waals surface area contributed by atoms with Crippen molar-refractivity contribution < 1.29 is 9.53 Å². The van der Waals surface area contributed by atoms with Gasteiger partial charge in [0.1, 0.15) is 11.8 Å². The van der Waals surface area contributed by atoms with Crippen LogP contribution in [0.3, 0.4) is 0 Å². The first-order chi connectivity index (χ1) is 15.5. The van der Waals surface area contributed by atoms with Crippen molar-refractivity contribution in [2.75, 3.05) is 17.2 Å². The number of rotatable bonds is 8. The van der Waals surface area contributed by atoms with Gasteiger partial charge >= 0.3 is 0 Å². The van der Waals surface area contributed by atoms with Crippen molar-refractivity contribution in [2.24, 2.45) is 0 Å². The summed E-state index contributed by atoms with van der Waals surface area (Å²) in [6.45, 7) is 8.30. The fourth-order valence-electron chi connectivity index (χ4n) is 3.49. The molecule has 0 unspecified atom stereocenters. The van der Waals surface area contributed by atoms with Gasteiger partial charge in [0.25, 0.3) is 0 Å². The Balaban J connectivity index is 2.23. The average Bonchev–Trinajstić information content (AvgIpc) is 2.78. The molecule has 3 rings (SSSR count). The molecule has 1 aromatic heterocycles. The third kappa shape index (κ3) is 5.06. The molecule has 0 saturated carbocycles. The van der Waals surface area contributed by atoms with E-state index >= 15 is 0 Å². The van der Waals surface area contributed by atoms with E-state index in [1.54, 1.807) is 6.08 Å². The summed E-state index contributed by atoms with van der Waals surface area (Å²) in [6.07, 6.45) is 4.68. The molecule has 164 valence electrons. The molecule has 3 aromatic rings. The van der Waals surface area contributed by atoms with Gasteiger partial charge in [0, 0.05) is 17.1 Å². The fraction of sp³-hybridized carbons (Fsp3) is 0.269. The number of carbonyl (C=O) groups is 1. The number of hydrogen-bond acceptors (Lipinski definition) is 5. The number of anilines is 3. The summed E-state index contributed by atoms with van der Waals surface area (Å²) < 4.78 is 5.79. The second kappa shape index (κ2) is 10.5. The van der Waals surface area contributed by atoms with Crippen LogP contribution in [-0.4, -0.2) is 17.5 Å². The molecule has 0 aliphatic rings. The lowest BCUT2D eigenvalue weighted by molar-refractivity contribution is -0.111. The van der Waals surface area contributed by atoms with Crippen LogP contribution < -0.4 is 15.4 Å². The maximum Gasteiger partial charge on any atom is 0.248 e. The van der Waals surface area contributed by atoms with Crippen LogP contribution in [0.2, 0.25) is 0 Å². The molecule has 2 N–H and O–H groups in total. The number of aryl methyl sites for hydroxylation is 2. The third-order valence-electron chi connectivity index (χ3n) is 4.96. The lowest BCUT2D eigenvalue weighted by Gasteiger charge is -2.18. The summed E-state index contributed by atoms with van der Waals surface area (Å²) in [4.78, 5) is 17.1. The molecule has 1 heterocycles. The molecule has 1 amide bonds. The number of carbonyl (C=O) groups excluding carboxylic acids is 1. The Morgan fingerprint density at radius 3 is 2.69 bits per heavy atom. The number of nitrogens with zero attached hydrogens (tertiary/aromatic N) is 2.